The third-order valence-electron chi connectivity index (χ3n) is 5.84. The van der Waals surface area contributed by atoms with Crippen LogP contribution in [0.25, 0.3) is 0 Å². The highest BCUT2D eigenvalue weighted by Crippen LogP contribution is 2.33. The van der Waals surface area contributed by atoms with Gasteiger partial charge in [0.2, 0.25) is 21.8 Å². The molecule has 1 aromatic rings. The Morgan fingerprint density at radius 2 is 1.96 bits per heavy atom. The number of rotatable bonds is 3. The maximum Gasteiger partial charge on any atom is 0.238 e. The average Bonchev–Trinajstić information content (AvgIpc) is 3.12. The molecule has 3 unspecified atom stereocenters. The van der Waals surface area contributed by atoms with Crippen molar-refractivity contribution in [2.45, 2.75) is 42.7 Å². The molecule has 1 aromatic carbocycles. The van der Waals surface area contributed by atoms with Crippen LogP contribution in [0.2, 0.25) is 0 Å². The van der Waals surface area contributed by atoms with E-state index in [4.69, 9.17) is 5.14 Å². The van der Waals surface area contributed by atoms with Gasteiger partial charge in [-0.05, 0) is 44.0 Å². The minimum atomic E-state index is -3.85. The van der Waals surface area contributed by atoms with E-state index >= 15 is 0 Å². The lowest BCUT2D eigenvalue weighted by Gasteiger charge is -2.30. The number of hydrogen-bond acceptors (Lipinski definition) is 5. The van der Waals surface area contributed by atoms with Crippen LogP contribution in [0.15, 0.2) is 29.2 Å². The van der Waals surface area contributed by atoms with Crippen molar-refractivity contribution in [3.8, 4) is 0 Å². The van der Waals surface area contributed by atoms with E-state index in [-0.39, 0.29) is 41.8 Å². The molecule has 27 heavy (non-hydrogen) atoms. The van der Waals surface area contributed by atoms with Crippen molar-refractivity contribution in [3.05, 3.63) is 24.3 Å². The molecule has 0 aromatic heterocycles. The largest absolute Gasteiger partial charge is 0.335 e. The minimum absolute atomic E-state index is 0.0424. The highest BCUT2D eigenvalue weighted by atomic mass is 32.2. The van der Waals surface area contributed by atoms with Gasteiger partial charge in [-0.2, -0.15) is 0 Å². The number of primary sulfonamides is 1. The summed E-state index contributed by atoms with van der Waals surface area (Å²) in [6.07, 6.45) is 3.13. The first kappa shape index (κ1) is 18.4. The second-order valence-corrected chi connectivity index (χ2v) is 9.13. The van der Waals surface area contributed by atoms with Gasteiger partial charge in [-0.1, -0.05) is 6.07 Å². The van der Waals surface area contributed by atoms with Crippen LogP contribution >= 0.6 is 0 Å². The molecule has 3 fully saturated rings. The standard InChI is InChI=1S/C18H24N4O4S/c19-27(25,26)16-3-1-2-14(9-16)21-11-12(8-17(21)23)18(24)22-13-4-5-15(22)10-20-7-6-13/h1-3,9,12-13,15,20H,4-8,10-11H2,(H2,19,25,26). The number of nitrogens with two attached hydrogens (primary N) is 1. The van der Waals surface area contributed by atoms with E-state index < -0.39 is 15.9 Å². The second-order valence-electron chi connectivity index (χ2n) is 7.57. The molecule has 2 amide bonds. The number of hydrogen-bond donors (Lipinski definition) is 2. The Morgan fingerprint density at radius 1 is 1.19 bits per heavy atom. The van der Waals surface area contributed by atoms with Gasteiger partial charge in [0.05, 0.1) is 10.8 Å². The van der Waals surface area contributed by atoms with Crippen LogP contribution in [0.4, 0.5) is 5.69 Å². The number of amides is 2. The maximum absolute atomic E-state index is 13.2. The van der Waals surface area contributed by atoms with Crippen LogP contribution in [0, 0.1) is 5.92 Å². The summed E-state index contributed by atoms with van der Waals surface area (Å²) in [6, 6.07) is 6.47. The molecule has 0 spiro atoms. The zero-order chi connectivity index (χ0) is 19.2. The molecule has 0 saturated carbocycles. The third kappa shape index (κ3) is 3.46. The Labute approximate surface area is 158 Å². The van der Waals surface area contributed by atoms with Crippen molar-refractivity contribution in [2.75, 3.05) is 24.5 Å². The fraction of sp³-hybridized carbons (Fsp3) is 0.556. The molecule has 3 heterocycles. The topological polar surface area (TPSA) is 113 Å². The number of benzene rings is 1. The van der Waals surface area contributed by atoms with E-state index in [0.717, 1.165) is 32.4 Å². The van der Waals surface area contributed by atoms with Gasteiger partial charge in [-0.25, -0.2) is 13.6 Å². The lowest BCUT2D eigenvalue weighted by molar-refractivity contribution is -0.138. The predicted octanol–water partition coefficient (Wildman–Crippen LogP) is 0.0398. The molecule has 0 radical (unpaired) electrons. The molecular formula is C18H24N4O4S. The van der Waals surface area contributed by atoms with E-state index in [1.807, 2.05) is 4.90 Å². The summed E-state index contributed by atoms with van der Waals surface area (Å²) >= 11 is 0. The number of carbonyl (C=O) groups is 2. The molecule has 3 aliphatic heterocycles. The molecule has 4 rings (SSSR count). The van der Waals surface area contributed by atoms with Crippen LogP contribution in [-0.4, -0.2) is 56.9 Å². The van der Waals surface area contributed by atoms with Crippen molar-refractivity contribution >= 4 is 27.5 Å². The molecule has 9 heteroatoms. The number of nitrogens with one attached hydrogen (secondary N) is 1. The number of fused-ring (bicyclic) bond motifs is 2. The lowest BCUT2D eigenvalue weighted by atomic mass is 10.1. The smallest absolute Gasteiger partial charge is 0.238 e. The van der Waals surface area contributed by atoms with Gasteiger partial charge in [0.1, 0.15) is 0 Å². The second kappa shape index (κ2) is 6.88. The van der Waals surface area contributed by atoms with Crippen molar-refractivity contribution in [1.82, 2.24) is 10.2 Å². The number of nitrogens with zero attached hydrogens (tertiary/aromatic N) is 2. The zero-order valence-electron chi connectivity index (χ0n) is 15.0. The van der Waals surface area contributed by atoms with Crippen LogP contribution < -0.4 is 15.4 Å². The van der Waals surface area contributed by atoms with E-state index in [9.17, 15) is 18.0 Å². The molecule has 3 atom stereocenters. The molecule has 3 aliphatic rings. The summed E-state index contributed by atoms with van der Waals surface area (Å²) in [5, 5.41) is 8.56. The van der Waals surface area contributed by atoms with Crippen LogP contribution in [0.1, 0.15) is 25.7 Å². The SMILES string of the molecule is NS(=O)(=O)c1cccc(N2CC(C(=O)N3C4CCNCC3CC4)CC2=O)c1. The molecule has 3 saturated heterocycles. The Morgan fingerprint density at radius 3 is 2.74 bits per heavy atom. The highest BCUT2D eigenvalue weighted by Gasteiger charge is 2.44. The summed E-state index contributed by atoms with van der Waals surface area (Å²) in [5.41, 5.74) is 0.460. The quantitative estimate of drug-likeness (QED) is 0.754. The Hall–Kier alpha value is -1.97. The Balaban J connectivity index is 1.53. The molecule has 0 aliphatic carbocycles. The minimum Gasteiger partial charge on any atom is -0.335 e. The van der Waals surface area contributed by atoms with Gasteiger partial charge in [0.15, 0.2) is 0 Å². The predicted molar refractivity (Wildman–Crippen MR) is 99.4 cm³/mol. The van der Waals surface area contributed by atoms with Gasteiger partial charge < -0.3 is 15.1 Å². The summed E-state index contributed by atoms with van der Waals surface area (Å²) in [6.45, 7) is 2.00. The summed E-state index contributed by atoms with van der Waals surface area (Å²) < 4.78 is 23.2. The van der Waals surface area contributed by atoms with Crippen molar-refractivity contribution in [3.63, 3.8) is 0 Å². The van der Waals surface area contributed by atoms with E-state index in [0.29, 0.717) is 5.69 Å². The summed E-state index contributed by atoms with van der Waals surface area (Å²) in [5.74, 6) is -0.512. The molecular weight excluding hydrogens is 368 g/mol. The molecule has 3 N–H and O–H groups in total. The van der Waals surface area contributed by atoms with Crippen molar-refractivity contribution < 1.29 is 18.0 Å². The fourth-order valence-corrected chi connectivity index (χ4v) is 5.06. The number of anilines is 1. The number of carbonyl (C=O) groups excluding carboxylic acids is 2. The normalized spacial score (nSPS) is 28.5. The third-order valence-corrected chi connectivity index (χ3v) is 6.75. The van der Waals surface area contributed by atoms with E-state index in [1.165, 1.54) is 17.0 Å². The van der Waals surface area contributed by atoms with Gasteiger partial charge in [-0.3, -0.25) is 9.59 Å². The number of sulfonamides is 1. The monoisotopic (exact) mass is 392 g/mol. The molecule has 2 bridgehead atoms. The fourth-order valence-electron chi connectivity index (χ4n) is 4.50. The van der Waals surface area contributed by atoms with Gasteiger partial charge in [0, 0.05) is 37.3 Å². The first-order chi connectivity index (χ1) is 12.8. The van der Waals surface area contributed by atoms with Crippen LogP contribution in [0.5, 0.6) is 0 Å². The first-order valence-corrected chi connectivity index (χ1v) is 10.9. The van der Waals surface area contributed by atoms with Crippen LogP contribution in [0.3, 0.4) is 0 Å². The van der Waals surface area contributed by atoms with Crippen molar-refractivity contribution in [1.29, 1.82) is 0 Å². The highest BCUT2D eigenvalue weighted by molar-refractivity contribution is 7.89. The zero-order valence-corrected chi connectivity index (χ0v) is 15.8. The van der Waals surface area contributed by atoms with E-state index in [1.54, 1.807) is 12.1 Å². The molecule has 146 valence electrons. The maximum atomic E-state index is 13.2. The molecule has 8 nitrogen and oxygen atoms in total. The lowest BCUT2D eigenvalue weighted by Crippen LogP contribution is -2.46. The van der Waals surface area contributed by atoms with Crippen molar-refractivity contribution in [2.24, 2.45) is 11.1 Å². The average molecular weight is 392 g/mol. The van der Waals surface area contributed by atoms with Gasteiger partial charge in [-0.15, -0.1) is 0 Å². The van der Waals surface area contributed by atoms with Crippen LogP contribution in [-0.2, 0) is 19.6 Å². The van der Waals surface area contributed by atoms with E-state index in [2.05, 4.69) is 5.32 Å². The van der Waals surface area contributed by atoms with Gasteiger partial charge >= 0.3 is 0 Å². The Kier molecular flexibility index (Phi) is 4.69. The Bertz CT molecular complexity index is 858. The van der Waals surface area contributed by atoms with Gasteiger partial charge in [0.25, 0.3) is 0 Å². The summed E-state index contributed by atoms with van der Waals surface area (Å²) in [7, 11) is -3.85. The first-order valence-electron chi connectivity index (χ1n) is 9.31. The summed E-state index contributed by atoms with van der Waals surface area (Å²) in [4.78, 5) is 29.2.